The zero-order chi connectivity index (χ0) is 12.1. The lowest BCUT2D eigenvalue weighted by Gasteiger charge is -2.26. The summed E-state index contributed by atoms with van der Waals surface area (Å²) in [4.78, 5) is 12.2. The van der Waals surface area contributed by atoms with E-state index in [2.05, 4.69) is 22.8 Å². The smallest absolute Gasteiger partial charge is 0.306 e. The highest BCUT2D eigenvalue weighted by molar-refractivity contribution is 7.09. The number of thiophene rings is 1. The van der Waals surface area contributed by atoms with Gasteiger partial charge in [-0.1, -0.05) is 6.07 Å². The maximum absolute atomic E-state index is 10.8. The zero-order valence-electron chi connectivity index (χ0n) is 9.89. The van der Waals surface area contributed by atoms with E-state index in [4.69, 9.17) is 5.11 Å². The number of nitrogens with one attached hydrogen (secondary N) is 1. The van der Waals surface area contributed by atoms with Gasteiger partial charge in [0, 0.05) is 17.5 Å². The molecule has 94 valence electrons. The van der Waals surface area contributed by atoms with Gasteiger partial charge in [0.25, 0.3) is 0 Å². The minimum Gasteiger partial charge on any atom is -0.481 e. The summed E-state index contributed by atoms with van der Waals surface area (Å²) in [6, 6.07) is 4.76. The first-order valence-electron chi connectivity index (χ1n) is 6.24. The van der Waals surface area contributed by atoms with Gasteiger partial charge in [0.15, 0.2) is 0 Å². The van der Waals surface area contributed by atoms with Crippen LogP contribution >= 0.6 is 11.3 Å². The number of hydrogen-bond donors (Lipinski definition) is 2. The van der Waals surface area contributed by atoms with E-state index in [1.807, 2.05) is 0 Å². The highest BCUT2D eigenvalue weighted by Gasteiger charge is 2.25. The Morgan fingerprint density at radius 1 is 1.41 bits per heavy atom. The summed E-state index contributed by atoms with van der Waals surface area (Å²) >= 11 is 1.80. The molecule has 1 aliphatic carbocycles. The van der Waals surface area contributed by atoms with Gasteiger partial charge >= 0.3 is 5.97 Å². The molecule has 1 aromatic rings. The van der Waals surface area contributed by atoms with Gasteiger partial charge in [-0.15, -0.1) is 11.3 Å². The van der Waals surface area contributed by atoms with E-state index >= 15 is 0 Å². The third-order valence-electron chi connectivity index (χ3n) is 3.46. The van der Waals surface area contributed by atoms with Gasteiger partial charge in [-0.25, -0.2) is 0 Å². The summed E-state index contributed by atoms with van der Waals surface area (Å²) in [6.45, 7) is 1.00. The molecule has 1 aromatic heterocycles. The maximum Gasteiger partial charge on any atom is 0.306 e. The van der Waals surface area contributed by atoms with Crippen molar-refractivity contribution in [1.82, 2.24) is 5.32 Å². The van der Waals surface area contributed by atoms with Gasteiger partial charge in [0.1, 0.15) is 0 Å². The van der Waals surface area contributed by atoms with Gasteiger partial charge in [-0.3, -0.25) is 4.79 Å². The Balaban J connectivity index is 1.63. The first kappa shape index (κ1) is 12.6. The molecule has 1 saturated carbocycles. The first-order chi connectivity index (χ1) is 8.25. The standard InChI is InChI=1S/C13H19NO2S/c15-13(16)10-3-5-11(6-4-10)14-8-7-12-2-1-9-17-12/h1-2,9-11,14H,3-8H2,(H,15,16). The Morgan fingerprint density at radius 3 is 2.76 bits per heavy atom. The summed E-state index contributed by atoms with van der Waals surface area (Å²) in [5, 5.41) is 14.5. The molecule has 0 bridgehead atoms. The predicted molar refractivity (Wildman–Crippen MR) is 69.4 cm³/mol. The molecule has 2 N–H and O–H groups in total. The van der Waals surface area contributed by atoms with E-state index in [-0.39, 0.29) is 5.92 Å². The molecular weight excluding hydrogens is 234 g/mol. The number of carboxylic acid groups (broad SMARTS) is 1. The summed E-state index contributed by atoms with van der Waals surface area (Å²) in [6.07, 6.45) is 4.73. The molecule has 3 nitrogen and oxygen atoms in total. The molecular formula is C13H19NO2S. The van der Waals surface area contributed by atoms with E-state index in [1.165, 1.54) is 4.88 Å². The molecule has 4 heteroatoms. The molecule has 2 rings (SSSR count). The lowest BCUT2D eigenvalue weighted by molar-refractivity contribution is -0.142. The Labute approximate surface area is 106 Å². The lowest BCUT2D eigenvalue weighted by Crippen LogP contribution is -2.35. The molecule has 0 saturated heterocycles. The number of aliphatic carboxylic acids is 1. The van der Waals surface area contributed by atoms with E-state index in [9.17, 15) is 4.79 Å². The Hall–Kier alpha value is -0.870. The van der Waals surface area contributed by atoms with Crippen molar-refractivity contribution in [3.8, 4) is 0 Å². The summed E-state index contributed by atoms with van der Waals surface area (Å²) in [5.74, 6) is -0.729. The van der Waals surface area contributed by atoms with Crippen LogP contribution in [0.25, 0.3) is 0 Å². The topological polar surface area (TPSA) is 49.3 Å². The Kier molecular flexibility index (Phi) is 4.57. The van der Waals surface area contributed by atoms with Crippen LogP contribution in [0.2, 0.25) is 0 Å². The Bertz CT molecular complexity index is 342. The van der Waals surface area contributed by atoms with Crippen molar-refractivity contribution in [2.45, 2.75) is 38.1 Å². The van der Waals surface area contributed by atoms with Crippen molar-refractivity contribution >= 4 is 17.3 Å². The molecule has 0 aliphatic heterocycles. The largest absolute Gasteiger partial charge is 0.481 e. The van der Waals surface area contributed by atoms with E-state index < -0.39 is 5.97 Å². The second kappa shape index (κ2) is 6.17. The van der Waals surface area contributed by atoms with Crippen LogP contribution in [0.1, 0.15) is 30.6 Å². The molecule has 0 unspecified atom stereocenters. The van der Waals surface area contributed by atoms with E-state index in [0.717, 1.165) is 38.6 Å². The van der Waals surface area contributed by atoms with Crippen LogP contribution in [-0.4, -0.2) is 23.7 Å². The second-order valence-corrected chi connectivity index (χ2v) is 5.70. The molecule has 0 atom stereocenters. The average Bonchev–Trinajstić information content (AvgIpc) is 2.83. The SMILES string of the molecule is O=C(O)C1CCC(NCCc2cccs2)CC1. The van der Waals surface area contributed by atoms with Crippen LogP contribution in [0, 0.1) is 5.92 Å². The molecule has 0 spiro atoms. The minimum atomic E-state index is -0.623. The number of hydrogen-bond acceptors (Lipinski definition) is 3. The van der Waals surface area contributed by atoms with Crippen LogP contribution in [0.5, 0.6) is 0 Å². The predicted octanol–water partition coefficient (Wildman–Crippen LogP) is 2.52. The van der Waals surface area contributed by atoms with Crippen LogP contribution in [0.15, 0.2) is 17.5 Å². The van der Waals surface area contributed by atoms with Crippen molar-refractivity contribution in [3.63, 3.8) is 0 Å². The van der Waals surface area contributed by atoms with E-state index in [0.29, 0.717) is 6.04 Å². The fraction of sp³-hybridized carbons (Fsp3) is 0.615. The average molecular weight is 253 g/mol. The zero-order valence-corrected chi connectivity index (χ0v) is 10.7. The quantitative estimate of drug-likeness (QED) is 0.847. The highest BCUT2D eigenvalue weighted by atomic mass is 32.1. The molecule has 1 heterocycles. The van der Waals surface area contributed by atoms with Crippen LogP contribution in [-0.2, 0) is 11.2 Å². The summed E-state index contributed by atoms with van der Waals surface area (Å²) in [7, 11) is 0. The minimum absolute atomic E-state index is 0.106. The van der Waals surface area contributed by atoms with Crippen LogP contribution < -0.4 is 5.32 Å². The van der Waals surface area contributed by atoms with Gasteiger partial charge in [0.2, 0.25) is 0 Å². The first-order valence-corrected chi connectivity index (χ1v) is 7.12. The molecule has 1 fully saturated rings. The second-order valence-electron chi connectivity index (χ2n) is 4.67. The third-order valence-corrected chi connectivity index (χ3v) is 4.40. The van der Waals surface area contributed by atoms with Gasteiger partial charge in [-0.05, 0) is 43.6 Å². The molecule has 0 aromatic carbocycles. The van der Waals surface area contributed by atoms with Gasteiger partial charge in [0.05, 0.1) is 5.92 Å². The number of carboxylic acids is 1. The molecule has 0 radical (unpaired) electrons. The Morgan fingerprint density at radius 2 is 2.18 bits per heavy atom. The third kappa shape index (κ3) is 3.82. The molecule has 17 heavy (non-hydrogen) atoms. The summed E-state index contributed by atoms with van der Waals surface area (Å²) in [5.41, 5.74) is 0. The summed E-state index contributed by atoms with van der Waals surface area (Å²) < 4.78 is 0. The lowest BCUT2D eigenvalue weighted by atomic mass is 9.86. The van der Waals surface area contributed by atoms with Crippen molar-refractivity contribution in [1.29, 1.82) is 0 Å². The monoisotopic (exact) mass is 253 g/mol. The van der Waals surface area contributed by atoms with Crippen molar-refractivity contribution in [2.75, 3.05) is 6.54 Å². The van der Waals surface area contributed by atoms with Crippen molar-refractivity contribution in [3.05, 3.63) is 22.4 Å². The highest BCUT2D eigenvalue weighted by Crippen LogP contribution is 2.24. The van der Waals surface area contributed by atoms with Crippen molar-refractivity contribution < 1.29 is 9.90 Å². The number of rotatable bonds is 5. The van der Waals surface area contributed by atoms with Gasteiger partial charge in [-0.2, -0.15) is 0 Å². The number of carbonyl (C=O) groups is 1. The van der Waals surface area contributed by atoms with E-state index in [1.54, 1.807) is 11.3 Å². The van der Waals surface area contributed by atoms with Crippen LogP contribution in [0.3, 0.4) is 0 Å². The fourth-order valence-corrected chi connectivity index (χ4v) is 3.11. The molecule has 1 aliphatic rings. The van der Waals surface area contributed by atoms with Crippen molar-refractivity contribution in [2.24, 2.45) is 5.92 Å². The molecule has 0 amide bonds. The normalized spacial score (nSPS) is 24.7. The fourth-order valence-electron chi connectivity index (χ4n) is 2.40. The van der Waals surface area contributed by atoms with Gasteiger partial charge < -0.3 is 10.4 Å². The van der Waals surface area contributed by atoms with Crippen LogP contribution in [0.4, 0.5) is 0 Å². The maximum atomic E-state index is 10.8.